The Hall–Kier alpha value is -2.34. The number of carboxylic acid groups (broad SMARTS) is 1. The van der Waals surface area contributed by atoms with Crippen molar-refractivity contribution < 1.29 is 14.7 Å². The molecule has 0 radical (unpaired) electrons. The normalized spacial score (nSPS) is 10.3. The zero-order valence-corrected chi connectivity index (χ0v) is 11.6. The van der Waals surface area contributed by atoms with Gasteiger partial charge in [-0.05, 0) is 25.1 Å². The van der Waals surface area contributed by atoms with E-state index in [-0.39, 0.29) is 16.5 Å². The van der Waals surface area contributed by atoms with Gasteiger partial charge in [-0.2, -0.15) is 5.10 Å². The van der Waals surface area contributed by atoms with Crippen molar-refractivity contribution in [3.05, 3.63) is 46.2 Å². The van der Waals surface area contributed by atoms with Crippen LogP contribution in [0, 0.1) is 6.92 Å². The number of carbonyl (C=O) groups excluding carboxylic acids is 1. The van der Waals surface area contributed by atoms with Crippen LogP contribution in [0.5, 0.6) is 0 Å². The monoisotopic (exact) mass is 293 g/mol. The number of aryl methyl sites for hydroxylation is 1. The van der Waals surface area contributed by atoms with Gasteiger partial charge in [0.1, 0.15) is 0 Å². The van der Waals surface area contributed by atoms with E-state index in [0.29, 0.717) is 11.3 Å². The predicted molar refractivity (Wildman–Crippen MR) is 74.3 cm³/mol. The minimum absolute atomic E-state index is 0.0626. The first-order chi connectivity index (χ1) is 9.40. The fraction of sp³-hybridized carbons (Fsp3) is 0.154. The standard InChI is InChI=1S/C13H12ClN3O3/c1-7-10(6-15-17(7)2)12(18)16-8-3-4-11(14)9(5-8)13(19)20/h3-6H,1-2H3,(H,16,18)(H,19,20). The average Bonchev–Trinajstić information content (AvgIpc) is 2.72. The molecular formula is C13H12ClN3O3. The highest BCUT2D eigenvalue weighted by Crippen LogP contribution is 2.21. The summed E-state index contributed by atoms with van der Waals surface area (Å²) in [6.45, 7) is 1.77. The molecule has 0 spiro atoms. The molecule has 1 aromatic carbocycles. The lowest BCUT2D eigenvalue weighted by Gasteiger charge is -2.07. The Balaban J connectivity index is 2.26. The van der Waals surface area contributed by atoms with Gasteiger partial charge in [0.15, 0.2) is 0 Å². The van der Waals surface area contributed by atoms with E-state index < -0.39 is 5.97 Å². The van der Waals surface area contributed by atoms with Crippen LogP contribution < -0.4 is 5.32 Å². The molecule has 0 atom stereocenters. The molecule has 0 bridgehead atoms. The number of rotatable bonds is 3. The Morgan fingerprint density at radius 3 is 2.60 bits per heavy atom. The molecule has 1 amide bonds. The molecule has 2 N–H and O–H groups in total. The topological polar surface area (TPSA) is 84.2 Å². The minimum Gasteiger partial charge on any atom is -0.478 e. The van der Waals surface area contributed by atoms with Crippen LogP contribution in [0.2, 0.25) is 5.02 Å². The highest BCUT2D eigenvalue weighted by molar-refractivity contribution is 6.33. The number of nitrogens with zero attached hydrogens (tertiary/aromatic N) is 2. The Labute approximate surface area is 120 Å². The summed E-state index contributed by atoms with van der Waals surface area (Å²) in [5.74, 6) is -1.50. The number of benzene rings is 1. The third-order valence-electron chi connectivity index (χ3n) is 2.93. The molecule has 0 aliphatic carbocycles. The van der Waals surface area contributed by atoms with E-state index in [9.17, 15) is 9.59 Å². The van der Waals surface area contributed by atoms with Crippen LogP contribution in [0.25, 0.3) is 0 Å². The lowest BCUT2D eigenvalue weighted by molar-refractivity contribution is 0.0696. The van der Waals surface area contributed by atoms with Crippen LogP contribution in [0.1, 0.15) is 26.4 Å². The summed E-state index contributed by atoms with van der Waals surface area (Å²) >= 11 is 5.77. The second-order valence-corrected chi connectivity index (χ2v) is 4.63. The zero-order chi connectivity index (χ0) is 14.9. The molecule has 2 aromatic rings. The quantitative estimate of drug-likeness (QED) is 0.909. The fourth-order valence-corrected chi connectivity index (χ4v) is 1.89. The van der Waals surface area contributed by atoms with E-state index in [1.54, 1.807) is 24.7 Å². The lowest BCUT2D eigenvalue weighted by Crippen LogP contribution is -2.13. The van der Waals surface area contributed by atoms with Crippen molar-refractivity contribution in [1.82, 2.24) is 9.78 Å². The van der Waals surface area contributed by atoms with Gasteiger partial charge >= 0.3 is 5.97 Å². The van der Waals surface area contributed by atoms with E-state index in [0.717, 1.165) is 5.69 Å². The Morgan fingerprint density at radius 2 is 2.05 bits per heavy atom. The second-order valence-electron chi connectivity index (χ2n) is 4.22. The smallest absolute Gasteiger partial charge is 0.337 e. The average molecular weight is 294 g/mol. The SMILES string of the molecule is Cc1c(C(=O)Nc2ccc(Cl)c(C(=O)O)c2)cnn1C. The first-order valence-corrected chi connectivity index (χ1v) is 6.10. The number of nitrogens with one attached hydrogen (secondary N) is 1. The van der Waals surface area contributed by atoms with Gasteiger partial charge in [0.25, 0.3) is 5.91 Å². The Morgan fingerprint density at radius 1 is 1.35 bits per heavy atom. The van der Waals surface area contributed by atoms with Crippen LogP contribution in [0.15, 0.2) is 24.4 Å². The van der Waals surface area contributed by atoms with Crippen molar-refractivity contribution in [2.45, 2.75) is 6.92 Å². The third-order valence-corrected chi connectivity index (χ3v) is 3.26. The van der Waals surface area contributed by atoms with Gasteiger partial charge in [0.2, 0.25) is 0 Å². The number of hydrogen-bond acceptors (Lipinski definition) is 3. The van der Waals surface area contributed by atoms with Gasteiger partial charge in [-0.1, -0.05) is 11.6 Å². The number of aromatic nitrogens is 2. The molecule has 20 heavy (non-hydrogen) atoms. The van der Waals surface area contributed by atoms with Crippen molar-refractivity contribution in [2.24, 2.45) is 7.05 Å². The molecule has 1 heterocycles. The summed E-state index contributed by atoms with van der Waals surface area (Å²) in [7, 11) is 1.73. The van der Waals surface area contributed by atoms with Gasteiger partial charge in [-0.15, -0.1) is 0 Å². The maximum Gasteiger partial charge on any atom is 0.337 e. The second kappa shape index (κ2) is 5.34. The maximum atomic E-state index is 12.1. The summed E-state index contributed by atoms with van der Waals surface area (Å²) < 4.78 is 1.58. The molecule has 0 fully saturated rings. The first kappa shape index (κ1) is 14.1. The lowest BCUT2D eigenvalue weighted by atomic mass is 10.2. The zero-order valence-electron chi connectivity index (χ0n) is 10.8. The number of aromatic carboxylic acids is 1. The molecule has 0 saturated carbocycles. The third kappa shape index (κ3) is 2.65. The van der Waals surface area contributed by atoms with Crippen molar-refractivity contribution in [3.63, 3.8) is 0 Å². The summed E-state index contributed by atoms with van der Waals surface area (Å²) in [6.07, 6.45) is 1.46. The summed E-state index contributed by atoms with van der Waals surface area (Å²) in [5, 5.41) is 15.7. The Kier molecular flexibility index (Phi) is 3.76. The largest absolute Gasteiger partial charge is 0.478 e. The van der Waals surface area contributed by atoms with E-state index in [1.165, 1.54) is 18.3 Å². The van der Waals surface area contributed by atoms with Crippen molar-refractivity contribution >= 4 is 29.2 Å². The highest BCUT2D eigenvalue weighted by Gasteiger charge is 2.15. The molecule has 6 nitrogen and oxygen atoms in total. The fourth-order valence-electron chi connectivity index (χ4n) is 1.69. The van der Waals surface area contributed by atoms with E-state index in [4.69, 9.17) is 16.7 Å². The Bertz CT molecular complexity index is 694. The number of amides is 1. The summed E-state index contributed by atoms with van der Waals surface area (Å²) in [6, 6.07) is 4.28. The van der Waals surface area contributed by atoms with Gasteiger partial charge in [-0.25, -0.2) is 4.79 Å². The van der Waals surface area contributed by atoms with E-state index in [2.05, 4.69) is 10.4 Å². The van der Waals surface area contributed by atoms with E-state index >= 15 is 0 Å². The molecule has 1 aromatic heterocycles. The van der Waals surface area contributed by atoms with Crippen molar-refractivity contribution in [1.29, 1.82) is 0 Å². The number of anilines is 1. The van der Waals surface area contributed by atoms with Crippen LogP contribution >= 0.6 is 11.6 Å². The number of halogens is 1. The van der Waals surface area contributed by atoms with Crippen LogP contribution in [-0.2, 0) is 7.05 Å². The molecule has 0 saturated heterocycles. The summed E-state index contributed by atoms with van der Waals surface area (Å²) in [4.78, 5) is 23.0. The first-order valence-electron chi connectivity index (χ1n) is 5.73. The number of carbonyl (C=O) groups is 2. The molecule has 0 aliphatic rings. The minimum atomic E-state index is -1.15. The van der Waals surface area contributed by atoms with Crippen LogP contribution in [0.4, 0.5) is 5.69 Å². The molecule has 0 aliphatic heterocycles. The maximum absolute atomic E-state index is 12.1. The van der Waals surface area contributed by atoms with Gasteiger partial charge < -0.3 is 10.4 Å². The van der Waals surface area contributed by atoms with Crippen molar-refractivity contribution in [3.8, 4) is 0 Å². The molecule has 104 valence electrons. The predicted octanol–water partition coefficient (Wildman–Crippen LogP) is 2.33. The van der Waals surface area contributed by atoms with Crippen molar-refractivity contribution in [2.75, 3.05) is 5.32 Å². The highest BCUT2D eigenvalue weighted by atomic mass is 35.5. The molecular weight excluding hydrogens is 282 g/mol. The number of carboxylic acids is 1. The molecule has 2 rings (SSSR count). The van der Waals surface area contributed by atoms with Gasteiger partial charge in [0, 0.05) is 18.4 Å². The molecule has 7 heteroatoms. The number of hydrogen-bond donors (Lipinski definition) is 2. The van der Waals surface area contributed by atoms with E-state index in [1.807, 2.05) is 0 Å². The summed E-state index contributed by atoms with van der Waals surface area (Å²) in [5.41, 5.74) is 1.45. The molecule has 0 unspecified atom stereocenters. The van der Waals surface area contributed by atoms with Gasteiger partial charge in [-0.3, -0.25) is 9.48 Å². The van der Waals surface area contributed by atoms with Crippen LogP contribution in [0.3, 0.4) is 0 Å². The van der Waals surface area contributed by atoms with Gasteiger partial charge in [0.05, 0.1) is 22.3 Å². The van der Waals surface area contributed by atoms with Crippen LogP contribution in [-0.4, -0.2) is 26.8 Å².